The van der Waals surface area contributed by atoms with Gasteiger partial charge >= 0.3 is 0 Å². The molecule has 0 fully saturated rings. The van der Waals surface area contributed by atoms with Crippen molar-refractivity contribution in [1.82, 2.24) is 20.1 Å². The van der Waals surface area contributed by atoms with Crippen molar-refractivity contribution in [2.24, 2.45) is 0 Å². The fourth-order valence-corrected chi connectivity index (χ4v) is 3.62. The van der Waals surface area contributed by atoms with E-state index in [1.165, 1.54) is 0 Å². The molecule has 0 unspecified atom stereocenters. The summed E-state index contributed by atoms with van der Waals surface area (Å²) in [6.45, 7) is 9.25. The predicted molar refractivity (Wildman–Crippen MR) is 101 cm³/mol. The van der Waals surface area contributed by atoms with Gasteiger partial charge in [0.2, 0.25) is 0 Å². The van der Waals surface area contributed by atoms with Crippen LogP contribution < -0.4 is 5.32 Å². The van der Waals surface area contributed by atoms with Gasteiger partial charge in [-0.15, -0.1) is 11.3 Å². The van der Waals surface area contributed by atoms with E-state index in [0.29, 0.717) is 12.1 Å². The first kappa shape index (κ1) is 17.4. The first-order chi connectivity index (χ1) is 12.0. The molecular weight excluding hydrogens is 332 g/mol. The first-order valence-electron chi connectivity index (χ1n) is 8.33. The second-order valence-corrected chi connectivity index (χ2v) is 6.90. The highest BCUT2D eigenvalue weighted by molar-refractivity contribution is 7.13. The Labute approximate surface area is 151 Å². The van der Waals surface area contributed by atoms with Crippen LogP contribution >= 0.6 is 11.3 Å². The Balaban J connectivity index is 1.75. The van der Waals surface area contributed by atoms with E-state index in [0.717, 1.165) is 39.8 Å². The lowest BCUT2D eigenvalue weighted by atomic mass is 10.1. The lowest BCUT2D eigenvalue weighted by Gasteiger charge is -2.09. The maximum atomic E-state index is 12.6. The van der Waals surface area contributed by atoms with Crippen molar-refractivity contribution in [3.63, 3.8) is 0 Å². The van der Waals surface area contributed by atoms with E-state index in [-0.39, 0.29) is 5.91 Å². The molecule has 3 rings (SSSR count). The summed E-state index contributed by atoms with van der Waals surface area (Å²) >= 11 is 1.64. The number of thiophene rings is 1. The molecule has 0 saturated carbocycles. The van der Waals surface area contributed by atoms with Crippen molar-refractivity contribution in [3.8, 4) is 10.6 Å². The summed E-state index contributed by atoms with van der Waals surface area (Å²) in [5.74, 6) is -0.106. The summed E-state index contributed by atoms with van der Waals surface area (Å²) in [7, 11) is 0. The maximum absolute atomic E-state index is 12.6. The van der Waals surface area contributed by atoms with Crippen molar-refractivity contribution in [3.05, 3.63) is 57.9 Å². The molecule has 1 amide bonds. The number of aryl methyl sites for hydroxylation is 3. The van der Waals surface area contributed by atoms with E-state index in [2.05, 4.69) is 22.3 Å². The van der Waals surface area contributed by atoms with Gasteiger partial charge in [0.1, 0.15) is 0 Å². The Bertz CT molecular complexity index is 897. The van der Waals surface area contributed by atoms with E-state index in [9.17, 15) is 4.79 Å². The number of rotatable bonds is 5. The van der Waals surface area contributed by atoms with Gasteiger partial charge in [0, 0.05) is 24.3 Å². The fourth-order valence-electron chi connectivity index (χ4n) is 2.92. The van der Waals surface area contributed by atoms with Crippen LogP contribution in [0, 0.1) is 20.8 Å². The lowest BCUT2D eigenvalue weighted by Crippen LogP contribution is -2.24. The number of hydrogen-bond donors (Lipinski definition) is 1. The molecule has 3 heterocycles. The fraction of sp³-hybridized carbons (Fsp3) is 0.316. The van der Waals surface area contributed by atoms with Crippen LogP contribution in [0.4, 0.5) is 0 Å². The van der Waals surface area contributed by atoms with Crippen LogP contribution in [0.3, 0.4) is 0 Å². The molecule has 6 heteroatoms. The first-order valence-corrected chi connectivity index (χ1v) is 9.21. The van der Waals surface area contributed by atoms with E-state index in [1.54, 1.807) is 11.3 Å². The summed E-state index contributed by atoms with van der Waals surface area (Å²) in [5.41, 5.74) is 5.39. The van der Waals surface area contributed by atoms with Gasteiger partial charge in [0.15, 0.2) is 0 Å². The molecule has 5 nitrogen and oxygen atoms in total. The van der Waals surface area contributed by atoms with Crippen molar-refractivity contribution >= 4 is 17.2 Å². The molecule has 3 aromatic rings. The number of nitrogens with one attached hydrogen (secondary N) is 1. The zero-order valence-corrected chi connectivity index (χ0v) is 15.8. The molecule has 3 aromatic heterocycles. The van der Waals surface area contributed by atoms with Gasteiger partial charge < -0.3 is 5.32 Å². The van der Waals surface area contributed by atoms with Gasteiger partial charge in [0.25, 0.3) is 5.91 Å². The van der Waals surface area contributed by atoms with Gasteiger partial charge in [-0.25, -0.2) is 0 Å². The highest BCUT2D eigenvalue weighted by Gasteiger charge is 2.15. The summed E-state index contributed by atoms with van der Waals surface area (Å²) in [5, 5.41) is 9.51. The predicted octanol–water partition coefficient (Wildman–Crippen LogP) is 3.88. The number of nitrogens with zero attached hydrogens (tertiary/aromatic N) is 3. The molecular formula is C19H22N4OS. The Hall–Kier alpha value is -2.47. The van der Waals surface area contributed by atoms with Crippen LogP contribution in [-0.4, -0.2) is 20.7 Å². The third-order valence-corrected chi connectivity index (χ3v) is 5.25. The van der Waals surface area contributed by atoms with Gasteiger partial charge in [-0.3, -0.25) is 14.5 Å². The van der Waals surface area contributed by atoms with E-state index < -0.39 is 0 Å². The average molecular weight is 354 g/mol. The smallest absolute Gasteiger partial charge is 0.253 e. The molecule has 0 aliphatic heterocycles. The second kappa shape index (κ2) is 7.19. The summed E-state index contributed by atoms with van der Waals surface area (Å²) in [6, 6.07) is 7.78. The topological polar surface area (TPSA) is 59.8 Å². The number of amides is 1. The number of carbonyl (C=O) groups excluding carboxylic acids is 1. The highest BCUT2D eigenvalue weighted by Crippen LogP contribution is 2.23. The Morgan fingerprint density at radius 1 is 1.20 bits per heavy atom. The normalized spacial score (nSPS) is 10.9. The van der Waals surface area contributed by atoms with Crippen molar-refractivity contribution in [2.45, 2.75) is 40.8 Å². The summed E-state index contributed by atoms with van der Waals surface area (Å²) < 4.78 is 1.96. The summed E-state index contributed by atoms with van der Waals surface area (Å²) in [6.07, 6.45) is 0. The molecule has 1 N–H and O–H groups in total. The third-order valence-electron chi connectivity index (χ3n) is 4.36. The Kier molecular flexibility index (Phi) is 4.99. The molecule has 0 atom stereocenters. The lowest BCUT2D eigenvalue weighted by molar-refractivity contribution is 0.0950. The Morgan fingerprint density at radius 3 is 2.60 bits per heavy atom. The molecule has 0 aliphatic carbocycles. The van der Waals surface area contributed by atoms with E-state index in [1.807, 2.05) is 55.1 Å². The minimum atomic E-state index is -0.106. The third kappa shape index (κ3) is 3.49. The van der Waals surface area contributed by atoms with E-state index >= 15 is 0 Å². The van der Waals surface area contributed by atoms with Crippen LogP contribution in [0.25, 0.3) is 10.6 Å². The standard InChI is InChI=1S/C19H22N4OS/c1-5-23-14(4)16(13(3)22-23)11-20-19(24)15-8-9-17(21-12(15)2)18-7-6-10-25-18/h6-10H,5,11H2,1-4H3,(H,20,24). The van der Waals surface area contributed by atoms with Crippen LogP contribution in [0.1, 0.15) is 39.9 Å². The molecule has 0 aliphatic rings. The number of carbonyl (C=O) groups is 1. The maximum Gasteiger partial charge on any atom is 0.253 e. The highest BCUT2D eigenvalue weighted by atomic mass is 32.1. The molecule has 0 spiro atoms. The average Bonchev–Trinajstić information content (AvgIpc) is 3.21. The molecule has 130 valence electrons. The van der Waals surface area contributed by atoms with Gasteiger partial charge in [0.05, 0.1) is 27.5 Å². The molecule has 25 heavy (non-hydrogen) atoms. The minimum absolute atomic E-state index is 0.106. The quantitative estimate of drug-likeness (QED) is 0.756. The molecule has 0 bridgehead atoms. The molecule has 0 saturated heterocycles. The number of aromatic nitrogens is 3. The minimum Gasteiger partial charge on any atom is -0.348 e. The summed E-state index contributed by atoms with van der Waals surface area (Å²) in [4.78, 5) is 18.2. The number of pyridine rings is 1. The van der Waals surface area contributed by atoms with Gasteiger partial charge in [-0.05, 0) is 51.3 Å². The van der Waals surface area contributed by atoms with Gasteiger partial charge in [-0.2, -0.15) is 5.10 Å². The number of hydrogen-bond acceptors (Lipinski definition) is 4. The van der Waals surface area contributed by atoms with Crippen molar-refractivity contribution in [2.75, 3.05) is 0 Å². The van der Waals surface area contributed by atoms with Crippen LogP contribution in [0.15, 0.2) is 29.6 Å². The largest absolute Gasteiger partial charge is 0.348 e. The van der Waals surface area contributed by atoms with Crippen molar-refractivity contribution in [1.29, 1.82) is 0 Å². The monoisotopic (exact) mass is 354 g/mol. The van der Waals surface area contributed by atoms with Crippen molar-refractivity contribution < 1.29 is 4.79 Å². The second-order valence-electron chi connectivity index (χ2n) is 5.95. The van der Waals surface area contributed by atoms with Crippen LogP contribution in [0.2, 0.25) is 0 Å². The zero-order chi connectivity index (χ0) is 18.0. The van der Waals surface area contributed by atoms with Crippen LogP contribution in [0.5, 0.6) is 0 Å². The Morgan fingerprint density at radius 2 is 2.00 bits per heavy atom. The SMILES string of the molecule is CCn1nc(C)c(CNC(=O)c2ccc(-c3cccs3)nc2C)c1C. The molecule has 0 radical (unpaired) electrons. The zero-order valence-electron chi connectivity index (χ0n) is 15.0. The molecule has 0 aromatic carbocycles. The van der Waals surface area contributed by atoms with Crippen LogP contribution in [-0.2, 0) is 13.1 Å². The van der Waals surface area contributed by atoms with E-state index in [4.69, 9.17) is 0 Å². The van der Waals surface area contributed by atoms with Gasteiger partial charge in [-0.1, -0.05) is 6.07 Å².